The van der Waals surface area contributed by atoms with E-state index in [9.17, 15) is 9.90 Å². The lowest BCUT2D eigenvalue weighted by Crippen LogP contribution is -2.48. The Kier molecular flexibility index (Phi) is 7.02. The van der Waals surface area contributed by atoms with Crippen molar-refractivity contribution in [3.8, 4) is 5.75 Å². The molecule has 24 heavy (non-hydrogen) atoms. The van der Waals surface area contributed by atoms with Gasteiger partial charge in [0.15, 0.2) is 0 Å². The van der Waals surface area contributed by atoms with Crippen LogP contribution in [0.5, 0.6) is 5.75 Å². The lowest BCUT2D eigenvalue weighted by molar-refractivity contribution is -0.0786. The first-order valence-electron chi connectivity index (χ1n) is 8.43. The Morgan fingerprint density at radius 2 is 1.92 bits per heavy atom. The van der Waals surface area contributed by atoms with Crippen molar-refractivity contribution in [2.24, 2.45) is 0 Å². The Morgan fingerprint density at radius 3 is 2.50 bits per heavy atom. The second kappa shape index (κ2) is 9.01. The summed E-state index contributed by atoms with van der Waals surface area (Å²) in [5, 5.41) is 10.2. The number of hydrogen-bond acceptors (Lipinski definition) is 6. The van der Waals surface area contributed by atoms with Crippen LogP contribution in [-0.4, -0.2) is 67.1 Å². The molecule has 134 valence electrons. The first kappa shape index (κ1) is 18.7. The van der Waals surface area contributed by atoms with Crippen LogP contribution >= 0.6 is 0 Å². The number of ether oxygens (including phenoxy) is 3. The van der Waals surface area contributed by atoms with E-state index in [1.54, 1.807) is 31.2 Å². The Bertz CT molecular complexity index is 509. The number of aliphatic hydroxyl groups is 1. The Morgan fingerprint density at radius 1 is 1.29 bits per heavy atom. The first-order chi connectivity index (χ1) is 11.5. The van der Waals surface area contributed by atoms with Crippen LogP contribution in [0.4, 0.5) is 0 Å². The third-order valence-corrected chi connectivity index (χ3v) is 3.77. The van der Waals surface area contributed by atoms with Gasteiger partial charge in [-0.3, -0.25) is 4.90 Å². The zero-order valence-corrected chi connectivity index (χ0v) is 14.6. The highest BCUT2D eigenvalue weighted by Gasteiger charge is 2.23. The number of β-amino-alcohol motifs (C(OH)–C–C–N with tert-alkyl or cyclic N) is 1. The fourth-order valence-corrected chi connectivity index (χ4v) is 2.88. The van der Waals surface area contributed by atoms with Crippen molar-refractivity contribution in [1.82, 2.24) is 4.90 Å². The maximum atomic E-state index is 11.6. The fraction of sp³-hybridized carbons (Fsp3) is 0.611. The van der Waals surface area contributed by atoms with Crippen LogP contribution in [0.15, 0.2) is 24.3 Å². The number of aliphatic hydroxyl groups excluding tert-OH is 1. The van der Waals surface area contributed by atoms with Gasteiger partial charge in [0, 0.05) is 19.6 Å². The quantitative estimate of drug-likeness (QED) is 0.764. The summed E-state index contributed by atoms with van der Waals surface area (Å²) in [4.78, 5) is 13.8. The molecule has 1 aliphatic rings. The molecule has 2 rings (SSSR count). The third kappa shape index (κ3) is 5.78. The number of carbonyl (C=O) groups is 1. The van der Waals surface area contributed by atoms with E-state index in [0.717, 1.165) is 13.1 Å². The Balaban J connectivity index is 1.77. The number of morpholine rings is 1. The van der Waals surface area contributed by atoms with Crippen molar-refractivity contribution >= 4 is 5.97 Å². The van der Waals surface area contributed by atoms with Crippen molar-refractivity contribution in [3.63, 3.8) is 0 Å². The van der Waals surface area contributed by atoms with E-state index in [4.69, 9.17) is 14.2 Å². The summed E-state index contributed by atoms with van der Waals surface area (Å²) >= 11 is 0. The maximum Gasteiger partial charge on any atom is 0.338 e. The van der Waals surface area contributed by atoms with Gasteiger partial charge in [-0.2, -0.15) is 0 Å². The standard InChI is InChI=1S/C18H27NO5/c1-4-22-18(21)15-5-7-17(8-6-15)23-12-16(20)11-19-9-13(2)24-14(3)10-19/h5-8,13-14,16,20H,4,9-12H2,1-3H3/t13-,14+,16-/m1/s1. The fourth-order valence-electron chi connectivity index (χ4n) is 2.88. The molecular weight excluding hydrogens is 310 g/mol. The van der Waals surface area contributed by atoms with Crippen LogP contribution in [0.1, 0.15) is 31.1 Å². The second-order valence-electron chi connectivity index (χ2n) is 6.19. The summed E-state index contributed by atoms with van der Waals surface area (Å²) in [7, 11) is 0. The lowest BCUT2D eigenvalue weighted by Gasteiger charge is -2.36. The van der Waals surface area contributed by atoms with Gasteiger partial charge in [0.05, 0.1) is 24.4 Å². The molecule has 1 aliphatic heterocycles. The summed E-state index contributed by atoms with van der Waals surface area (Å²) < 4.78 is 16.2. The van der Waals surface area contributed by atoms with Crippen molar-refractivity contribution in [2.45, 2.75) is 39.1 Å². The van der Waals surface area contributed by atoms with Crippen LogP contribution in [0, 0.1) is 0 Å². The molecule has 1 heterocycles. The summed E-state index contributed by atoms with van der Waals surface area (Å²) in [5.41, 5.74) is 0.487. The molecule has 0 radical (unpaired) electrons. The van der Waals surface area contributed by atoms with Crippen LogP contribution < -0.4 is 4.74 Å². The molecule has 1 saturated heterocycles. The number of carbonyl (C=O) groups excluding carboxylic acids is 1. The first-order valence-corrected chi connectivity index (χ1v) is 8.43. The summed E-state index contributed by atoms with van der Waals surface area (Å²) in [6.45, 7) is 8.59. The van der Waals surface area contributed by atoms with E-state index >= 15 is 0 Å². The van der Waals surface area contributed by atoms with Crippen molar-refractivity contribution < 1.29 is 24.1 Å². The Labute approximate surface area is 143 Å². The predicted molar refractivity (Wildman–Crippen MR) is 90.3 cm³/mol. The highest BCUT2D eigenvalue weighted by atomic mass is 16.5. The van der Waals surface area contributed by atoms with E-state index in [-0.39, 0.29) is 24.8 Å². The molecule has 0 unspecified atom stereocenters. The molecule has 3 atom stereocenters. The molecule has 0 aromatic heterocycles. The smallest absolute Gasteiger partial charge is 0.338 e. The average molecular weight is 337 g/mol. The lowest BCUT2D eigenvalue weighted by atomic mass is 10.2. The van der Waals surface area contributed by atoms with Crippen LogP contribution in [0.3, 0.4) is 0 Å². The third-order valence-electron chi connectivity index (χ3n) is 3.77. The van der Waals surface area contributed by atoms with Crippen molar-refractivity contribution in [2.75, 3.05) is 32.8 Å². The highest BCUT2D eigenvalue weighted by molar-refractivity contribution is 5.89. The van der Waals surface area contributed by atoms with Gasteiger partial charge in [0.2, 0.25) is 0 Å². The van der Waals surface area contributed by atoms with E-state index in [1.807, 2.05) is 13.8 Å². The molecule has 0 amide bonds. The zero-order valence-electron chi connectivity index (χ0n) is 14.6. The van der Waals surface area contributed by atoms with Crippen LogP contribution in [-0.2, 0) is 9.47 Å². The van der Waals surface area contributed by atoms with Crippen LogP contribution in [0.25, 0.3) is 0 Å². The normalized spacial score (nSPS) is 22.8. The number of esters is 1. The average Bonchev–Trinajstić information content (AvgIpc) is 2.52. The molecule has 1 fully saturated rings. The van der Waals surface area contributed by atoms with Crippen molar-refractivity contribution in [3.05, 3.63) is 29.8 Å². The zero-order chi connectivity index (χ0) is 17.5. The SMILES string of the molecule is CCOC(=O)c1ccc(OC[C@H](O)CN2C[C@@H](C)O[C@@H](C)C2)cc1. The molecule has 1 aromatic rings. The van der Waals surface area contributed by atoms with Gasteiger partial charge in [-0.05, 0) is 45.0 Å². The van der Waals surface area contributed by atoms with E-state index in [0.29, 0.717) is 24.5 Å². The van der Waals surface area contributed by atoms with E-state index in [1.165, 1.54) is 0 Å². The Hall–Kier alpha value is -1.63. The van der Waals surface area contributed by atoms with Gasteiger partial charge in [-0.15, -0.1) is 0 Å². The minimum absolute atomic E-state index is 0.178. The number of rotatable bonds is 7. The largest absolute Gasteiger partial charge is 0.491 e. The summed E-state index contributed by atoms with van der Waals surface area (Å²) in [6.07, 6.45) is -0.221. The molecule has 0 aliphatic carbocycles. The number of hydrogen-bond donors (Lipinski definition) is 1. The summed E-state index contributed by atoms with van der Waals surface area (Å²) in [6, 6.07) is 6.73. The van der Waals surface area contributed by atoms with Gasteiger partial charge in [-0.25, -0.2) is 4.79 Å². The van der Waals surface area contributed by atoms with Gasteiger partial charge in [0.1, 0.15) is 18.5 Å². The van der Waals surface area contributed by atoms with Gasteiger partial charge >= 0.3 is 5.97 Å². The van der Waals surface area contributed by atoms with Gasteiger partial charge in [0.25, 0.3) is 0 Å². The van der Waals surface area contributed by atoms with E-state index < -0.39 is 6.10 Å². The summed E-state index contributed by atoms with van der Waals surface area (Å²) in [5.74, 6) is 0.269. The maximum absolute atomic E-state index is 11.6. The number of benzene rings is 1. The minimum Gasteiger partial charge on any atom is -0.491 e. The van der Waals surface area contributed by atoms with E-state index in [2.05, 4.69) is 4.90 Å². The molecule has 0 saturated carbocycles. The van der Waals surface area contributed by atoms with Crippen LogP contribution in [0.2, 0.25) is 0 Å². The van der Waals surface area contributed by atoms with Gasteiger partial charge < -0.3 is 19.3 Å². The molecule has 0 spiro atoms. The minimum atomic E-state index is -0.577. The second-order valence-corrected chi connectivity index (χ2v) is 6.19. The molecule has 1 N–H and O–H groups in total. The topological polar surface area (TPSA) is 68.2 Å². The molecule has 1 aromatic carbocycles. The molecule has 0 bridgehead atoms. The predicted octanol–water partition coefficient (Wildman–Crippen LogP) is 1.71. The molecule has 6 heteroatoms. The number of nitrogens with zero attached hydrogens (tertiary/aromatic N) is 1. The molecule has 6 nitrogen and oxygen atoms in total. The monoisotopic (exact) mass is 337 g/mol. The van der Waals surface area contributed by atoms with Crippen molar-refractivity contribution in [1.29, 1.82) is 0 Å². The molecular formula is C18H27NO5. The van der Waals surface area contributed by atoms with Gasteiger partial charge in [-0.1, -0.05) is 0 Å². The highest BCUT2D eigenvalue weighted by Crippen LogP contribution is 2.14.